The maximum absolute atomic E-state index is 14.9. The molecule has 5 aliphatic rings. The number of ether oxygens (including phenoxy) is 17. The molecule has 14 rings (SSSR count). The lowest BCUT2D eigenvalue weighted by Crippen LogP contribution is -2.71. The van der Waals surface area contributed by atoms with E-state index in [0.717, 1.165) is 0 Å². The number of aliphatic hydroxyl groups is 1. The molecule has 1 saturated carbocycles. The molecule has 4 saturated heterocycles. The van der Waals surface area contributed by atoms with Gasteiger partial charge in [-0.2, -0.15) is 0 Å². The molecule has 1 aliphatic carbocycles. The van der Waals surface area contributed by atoms with E-state index < -0.39 is 197 Å². The lowest BCUT2D eigenvalue weighted by Gasteiger charge is -2.51. The fraction of sp³-hybridized carbons (Fsp3) is 0.323. The number of nitrogens with one attached hydrogen (secondary N) is 5. The maximum Gasteiger partial charge on any atom is 0.407 e. The minimum atomic E-state index is -2.05. The molecule has 0 bridgehead atoms. The highest BCUT2D eigenvalue weighted by Crippen LogP contribution is 2.42. The molecule has 0 aromatic heterocycles. The van der Waals surface area contributed by atoms with Crippen LogP contribution in [0.1, 0.15) is 77.2 Å². The molecule has 0 radical (unpaired) electrons. The minimum absolute atomic E-state index is 0.0114. The topological polar surface area (TPSA) is 400 Å². The quantitative estimate of drug-likeness (QED) is 0.00930. The summed E-state index contributed by atoms with van der Waals surface area (Å²) in [7, 11) is 0.689. The highest BCUT2D eigenvalue weighted by atomic mass is 79.9. The molecule has 35 heteroatoms. The van der Waals surface area contributed by atoms with Crippen molar-refractivity contribution in [3.05, 3.63) is 323 Å². The second-order valence-electron chi connectivity index (χ2n) is 29.9. The van der Waals surface area contributed by atoms with Gasteiger partial charge in [0.1, 0.15) is 113 Å². The Morgan fingerprint density at radius 3 is 1.24 bits per heavy atom. The highest BCUT2D eigenvalue weighted by molar-refractivity contribution is 9.49. The first-order chi connectivity index (χ1) is 62.6. The summed E-state index contributed by atoms with van der Waals surface area (Å²) in [5.74, 6) is -2.91. The van der Waals surface area contributed by atoms with Crippen molar-refractivity contribution in [2.75, 3.05) is 26.4 Å². The number of amides is 5. The molecule has 19 unspecified atom stereocenters. The summed E-state index contributed by atoms with van der Waals surface area (Å²) < 4.78 is 117. The maximum atomic E-state index is 14.9. The largest absolute Gasteiger partial charge is 0.453 e. The van der Waals surface area contributed by atoms with E-state index in [1.54, 1.807) is 237 Å². The third-order valence-corrected chi connectivity index (χ3v) is 22.0. The van der Waals surface area contributed by atoms with Gasteiger partial charge in [-0.05, 0) is 70.6 Å². The summed E-state index contributed by atoms with van der Waals surface area (Å²) >= 11 is 3.26. The molecule has 6 N–H and O–H groups in total. The number of fused-ring (bicyclic) bond motifs is 1. The minimum Gasteiger partial charge on any atom is -0.453 e. The van der Waals surface area contributed by atoms with Crippen LogP contribution in [0.15, 0.2) is 273 Å². The van der Waals surface area contributed by atoms with E-state index in [0.29, 0.717) is 50.1 Å². The van der Waals surface area contributed by atoms with Gasteiger partial charge < -0.3 is 121 Å². The van der Waals surface area contributed by atoms with E-state index in [4.69, 9.17) is 84.7 Å². The number of hydrogen-bond donors (Lipinski definition) is 6. The third-order valence-electron chi connectivity index (χ3n) is 21.3. The van der Waals surface area contributed by atoms with Crippen molar-refractivity contribution in [1.82, 2.24) is 26.6 Å². The van der Waals surface area contributed by atoms with Gasteiger partial charge in [-0.25, -0.2) is 38.4 Å². The fourth-order valence-corrected chi connectivity index (χ4v) is 15.6. The Morgan fingerprint density at radius 1 is 0.398 bits per heavy atom. The molecule has 9 aromatic carbocycles. The Labute approximate surface area is 746 Å². The molecule has 20 atom stereocenters. The van der Waals surface area contributed by atoms with Gasteiger partial charge in [0, 0.05) is 20.4 Å². The first-order valence-electron chi connectivity index (χ1n) is 41.1. The summed E-state index contributed by atoms with van der Waals surface area (Å²) in [4.78, 5) is 130. The Kier molecular flexibility index (Phi) is 33.4. The van der Waals surface area contributed by atoms with Crippen LogP contribution in [0.3, 0.4) is 0 Å². The highest BCUT2D eigenvalue weighted by Gasteiger charge is 2.60. The van der Waals surface area contributed by atoms with E-state index in [-0.39, 0.29) is 56.3 Å². The third kappa shape index (κ3) is 25.4. The predicted octanol–water partition coefficient (Wildman–Crippen LogP) is 11.5. The number of alkyl carbamates (subject to hydrolysis) is 5. The van der Waals surface area contributed by atoms with Crippen LogP contribution in [0.2, 0.25) is 0 Å². The monoisotopic (exact) mass is 1840 g/mol. The molecule has 5 amide bonds. The molecule has 128 heavy (non-hydrogen) atoms. The average Bonchev–Trinajstić information content (AvgIpc) is 1.37. The van der Waals surface area contributed by atoms with E-state index in [9.17, 15) is 48.3 Å². The molecule has 33 nitrogen and oxygen atoms in total. The van der Waals surface area contributed by atoms with Gasteiger partial charge in [0.25, 0.3) is 0 Å². The summed E-state index contributed by atoms with van der Waals surface area (Å²) in [6.45, 7) is -3.58. The van der Waals surface area contributed by atoms with Gasteiger partial charge in [0.15, 0.2) is 43.5 Å². The predicted molar refractivity (Wildman–Crippen MR) is 455 cm³/mol. The number of esters is 3. The van der Waals surface area contributed by atoms with Gasteiger partial charge in [0.05, 0.1) is 59.0 Å². The lowest BCUT2D eigenvalue weighted by atomic mass is 9.83. The number of carbonyl (C=O) groups is 9. The van der Waals surface area contributed by atoms with Crippen LogP contribution in [-0.2, 0) is 123 Å². The van der Waals surface area contributed by atoms with Crippen LogP contribution in [0, 0.1) is 0 Å². The zero-order valence-corrected chi connectivity index (χ0v) is 70.8. The Morgan fingerprint density at radius 2 is 0.781 bits per heavy atom. The summed E-state index contributed by atoms with van der Waals surface area (Å²) in [5.41, 5.74) is 3.51. The van der Waals surface area contributed by atoms with Crippen molar-refractivity contribution in [2.45, 2.75) is 162 Å². The number of rotatable bonds is 35. The zero-order valence-electron chi connectivity index (χ0n) is 68.4. The van der Waals surface area contributed by atoms with Gasteiger partial charge in [-0.3, -0.25) is 0 Å². The number of carbonyl (C=O) groups excluding carboxylic acids is 9. The molecule has 0 spiro atoms. The van der Waals surface area contributed by atoms with Gasteiger partial charge >= 0.3 is 48.4 Å². The Bertz CT molecular complexity index is 5050. The van der Waals surface area contributed by atoms with E-state index in [1.165, 1.54) is 36.4 Å². The Balaban J connectivity index is 0.875. The summed E-state index contributed by atoms with van der Waals surface area (Å²) in [5, 5.41) is 27.4. The van der Waals surface area contributed by atoms with Crippen molar-refractivity contribution in [3.63, 3.8) is 0 Å². The number of aliphatic hydroxyl groups excluding tert-OH is 1. The van der Waals surface area contributed by atoms with Crippen LogP contribution in [0.5, 0.6) is 0 Å². The normalized spacial score (nSPS) is 25.8. The molecular formula is C93H92BrN5O28S. The summed E-state index contributed by atoms with van der Waals surface area (Å²) in [6.07, 6.45) is -33.2. The molecule has 9 aromatic rings. The van der Waals surface area contributed by atoms with E-state index in [2.05, 4.69) is 41.4 Å². The fourth-order valence-electron chi connectivity index (χ4n) is 15.1. The first kappa shape index (κ1) is 92.0. The first-order valence-corrected chi connectivity index (χ1v) is 43.7. The van der Waals surface area contributed by atoms with Crippen LogP contribution in [-0.4, -0.2) is 202 Å². The standard InChI is InChI=1S/C93H92BrN5O28S/c94-128-117-56-70-77(126-86-71(98-92(108)115-53-60-34-16-4-17-35-60)78(122-83(103)63-40-22-7-23-41-63)75(121-82(102)62-38-20-6-21-39-62)68(118-86)49-95-89(105)112-50-57-28-10-1-11-29-57)81(110-47-46-100)88(120-70)127-80-73(101)66(96-90(106)113-51-58-30-12-2-13-31-58)48-67(97-91(107)114-52-59-32-14-3-15-33-59)74(80)124-87-72(99-93(109)116-54-61-36-18-5-19-37-61)79(123-84(104)64-42-24-8-25-43-64)76-69(119-87)55-111-85(125-76)65-44-26-9-27-45-65/h1-46,66-81,85-88,101H,47-56H2,(H,95,105)(H,96,106)(H,97,107)(H,98,108)(H,99,109)/t66?,67?,68?,69?,70?,71?,72?,73?,74-,75?,76?,77?,78?,79?,80?,81?,85?,86?,87?,88?/m0/s1. The van der Waals surface area contributed by atoms with Crippen LogP contribution in [0.4, 0.5) is 24.0 Å². The number of halogens is 1. The van der Waals surface area contributed by atoms with Crippen LogP contribution in [0.25, 0.3) is 0 Å². The molecule has 670 valence electrons. The molecular weight excluding hydrogens is 1750 g/mol. The van der Waals surface area contributed by atoms with E-state index in [1.807, 2.05) is 0 Å². The number of hydrogen-bond acceptors (Lipinski definition) is 29. The van der Waals surface area contributed by atoms with E-state index >= 15 is 0 Å². The van der Waals surface area contributed by atoms with Gasteiger partial charge in [0.2, 0.25) is 0 Å². The Hall–Kier alpha value is -12.2. The van der Waals surface area contributed by atoms with Crippen molar-refractivity contribution < 1.29 is 133 Å². The van der Waals surface area contributed by atoms with Crippen molar-refractivity contribution >= 4 is 79.9 Å². The molecule has 5 fully saturated rings. The molecule has 4 aliphatic heterocycles. The smallest absolute Gasteiger partial charge is 0.407 e. The average molecular weight is 1840 g/mol. The second-order valence-corrected chi connectivity index (χ2v) is 31.0. The van der Waals surface area contributed by atoms with Gasteiger partial charge in [-0.15, -0.1) is 0 Å². The second kappa shape index (κ2) is 46.5. The van der Waals surface area contributed by atoms with Gasteiger partial charge in [-0.1, -0.05) is 237 Å². The number of aldehydes is 1. The number of benzene rings is 9. The SMILES string of the molecule is O=CCOC1C(OC2C(O)C(NC(=O)OCc3ccccc3)CC(NC(=O)OCc3ccccc3)[C@@H]2OC2OC3COC(c4ccccc4)OC3C(OC(=O)c3ccccc3)C2NC(=O)OCc2ccccc2)OC(COSBr)C1OC1OC(CNC(=O)OCc2ccccc2)C(OC(=O)c2ccccc2)C(OC(=O)c2ccccc2)C1NC(=O)OCc1ccccc1. The lowest BCUT2D eigenvalue weighted by molar-refractivity contribution is -0.358. The zero-order chi connectivity index (χ0) is 88.9. The van der Waals surface area contributed by atoms with Crippen LogP contribution < -0.4 is 26.6 Å². The molecule has 4 heterocycles. The van der Waals surface area contributed by atoms with Crippen molar-refractivity contribution in [1.29, 1.82) is 0 Å². The van der Waals surface area contributed by atoms with Crippen LogP contribution >= 0.6 is 25.3 Å². The van der Waals surface area contributed by atoms with Crippen molar-refractivity contribution in [3.8, 4) is 0 Å². The summed E-state index contributed by atoms with van der Waals surface area (Å²) in [6, 6.07) is 68.9. The van der Waals surface area contributed by atoms with Crippen molar-refractivity contribution in [2.24, 2.45) is 0 Å².